The van der Waals surface area contributed by atoms with Crippen molar-refractivity contribution in [2.45, 2.75) is 38.8 Å². The van der Waals surface area contributed by atoms with Crippen molar-refractivity contribution in [2.24, 2.45) is 0 Å². The van der Waals surface area contributed by atoms with Crippen LogP contribution < -0.4 is 5.32 Å². The van der Waals surface area contributed by atoms with Crippen LogP contribution in [0.3, 0.4) is 0 Å². The minimum absolute atomic E-state index is 0.0547. The van der Waals surface area contributed by atoms with Gasteiger partial charge in [-0.25, -0.2) is 8.78 Å². The van der Waals surface area contributed by atoms with E-state index in [9.17, 15) is 13.6 Å². The number of halogens is 2. The number of alkyl halides is 2. The first-order valence-corrected chi connectivity index (χ1v) is 5.54. The lowest BCUT2D eigenvalue weighted by Gasteiger charge is -2.33. The van der Waals surface area contributed by atoms with Crippen LogP contribution in [0, 0.1) is 0 Å². The lowest BCUT2D eigenvalue weighted by molar-refractivity contribution is -0.149. The third-order valence-corrected chi connectivity index (χ3v) is 2.28. The molecule has 1 unspecified atom stereocenters. The molecule has 17 heavy (non-hydrogen) atoms. The number of esters is 1. The summed E-state index contributed by atoms with van der Waals surface area (Å²) in [5, 5.41) is 3.05. The van der Waals surface area contributed by atoms with Gasteiger partial charge >= 0.3 is 5.97 Å². The lowest BCUT2D eigenvalue weighted by atomic mass is 10.0. The maximum Gasteiger partial charge on any atom is 0.327 e. The summed E-state index contributed by atoms with van der Waals surface area (Å²) >= 11 is 0. The second kappa shape index (κ2) is 6.86. The van der Waals surface area contributed by atoms with Crippen LogP contribution in [0.5, 0.6) is 0 Å². The number of nitrogens with zero attached hydrogens (tertiary/aromatic N) is 1. The molecule has 0 radical (unpaired) electrons. The maximum atomic E-state index is 12.2. The van der Waals surface area contributed by atoms with Crippen LogP contribution in [0.15, 0.2) is 0 Å². The van der Waals surface area contributed by atoms with E-state index >= 15 is 0 Å². The van der Waals surface area contributed by atoms with E-state index in [4.69, 9.17) is 4.74 Å². The van der Waals surface area contributed by atoms with Gasteiger partial charge in [0.2, 0.25) is 0 Å². The van der Waals surface area contributed by atoms with E-state index in [1.54, 1.807) is 14.0 Å². The van der Waals surface area contributed by atoms with Crippen molar-refractivity contribution in [3.8, 4) is 0 Å². The summed E-state index contributed by atoms with van der Waals surface area (Å²) in [5.74, 6) is -0.452. The molecule has 102 valence electrons. The number of nitrogens with one attached hydrogen (secondary N) is 1. The highest BCUT2D eigenvalue weighted by atomic mass is 19.3. The van der Waals surface area contributed by atoms with Gasteiger partial charge in [-0.05, 0) is 27.8 Å². The monoisotopic (exact) mass is 252 g/mol. The Labute approximate surface area is 101 Å². The van der Waals surface area contributed by atoms with Crippen molar-refractivity contribution in [3.63, 3.8) is 0 Å². The fraction of sp³-hybridized carbons (Fsp3) is 0.909. The molecule has 6 heteroatoms. The smallest absolute Gasteiger partial charge is 0.327 e. The van der Waals surface area contributed by atoms with Crippen molar-refractivity contribution in [2.75, 3.05) is 27.2 Å². The Balaban J connectivity index is 4.64. The van der Waals surface area contributed by atoms with Gasteiger partial charge in [0.05, 0.1) is 13.7 Å². The second-order valence-corrected chi connectivity index (χ2v) is 4.71. The van der Waals surface area contributed by atoms with Gasteiger partial charge in [-0.15, -0.1) is 0 Å². The first-order chi connectivity index (χ1) is 7.71. The van der Waals surface area contributed by atoms with Crippen LogP contribution in [-0.4, -0.2) is 56.1 Å². The standard InChI is InChI=1S/C11H22F2N2O2/c1-8(2)14-11(3,10(16)17-5)7-15(4)6-9(12)13/h8-9,14H,6-7H2,1-5H3. The van der Waals surface area contributed by atoms with E-state index in [1.165, 1.54) is 12.0 Å². The SMILES string of the molecule is COC(=O)C(C)(CN(C)CC(F)F)NC(C)C. The van der Waals surface area contributed by atoms with Crippen molar-refractivity contribution in [1.82, 2.24) is 10.2 Å². The zero-order valence-corrected chi connectivity index (χ0v) is 11.1. The predicted octanol–water partition coefficient (Wildman–Crippen LogP) is 1.11. The Morgan fingerprint density at radius 1 is 1.47 bits per heavy atom. The third-order valence-electron chi connectivity index (χ3n) is 2.28. The average molecular weight is 252 g/mol. The molecule has 0 aromatic rings. The molecule has 0 aromatic carbocycles. The molecular weight excluding hydrogens is 230 g/mol. The maximum absolute atomic E-state index is 12.2. The molecular formula is C11H22F2N2O2. The summed E-state index contributed by atoms with van der Waals surface area (Å²) in [6, 6.07) is 0.0547. The van der Waals surface area contributed by atoms with Crippen LogP contribution in [0.25, 0.3) is 0 Å². The number of hydrogen-bond acceptors (Lipinski definition) is 4. The van der Waals surface area contributed by atoms with Gasteiger partial charge in [0.25, 0.3) is 6.43 Å². The van der Waals surface area contributed by atoms with Crippen LogP contribution >= 0.6 is 0 Å². The van der Waals surface area contributed by atoms with E-state index in [2.05, 4.69) is 5.32 Å². The number of carbonyl (C=O) groups is 1. The van der Waals surface area contributed by atoms with Crippen molar-refractivity contribution in [3.05, 3.63) is 0 Å². The van der Waals surface area contributed by atoms with Crippen LogP contribution in [0.2, 0.25) is 0 Å². The summed E-state index contributed by atoms with van der Waals surface area (Å²) in [4.78, 5) is 13.1. The fourth-order valence-electron chi connectivity index (χ4n) is 1.87. The van der Waals surface area contributed by atoms with Crippen molar-refractivity contribution >= 4 is 5.97 Å². The van der Waals surface area contributed by atoms with Gasteiger partial charge in [-0.1, -0.05) is 0 Å². The lowest BCUT2D eigenvalue weighted by Crippen LogP contribution is -2.59. The molecule has 0 saturated heterocycles. The topological polar surface area (TPSA) is 41.6 Å². The summed E-state index contributed by atoms with van der Waals surface area (Å²) in [5.41, 5.74) is -0.980. The fourth-order valence-corrected chi connectivity index (χ4v) is 1.87. The zero-order valence-electron chi connectivity index (χ0n) is 11.1. The summed E-state index contributed by atoms with van der Waals surface area (Å²) in [6.45, 7) is 5.22. The molecule has 1 atom stereocenters. The van der Waals surface area contributed by atoms with Gasteiger partial charge in [0, 0.05) is 12.6 Å². The second-order valence-electron chi connectivity index (χ2n) is 4.71. The molecule has 0 spiro atoms. The van der Waals surface area contributed by atoms with E-state index < -0.39 is 17.9 Å². The number of methoxy groups -OCH3 is 1. The molecule has 0 saturated carbocycles. The molecule has 1 N–H and O–H groups in total. The first kappa shape index (κ1) is 16.2. The Morgan fingerprint density at radius 2 is 2.00 bits per heavy atom. The normalized spacial score (nSPS) is 15.4. The van der Waals surface area contributed by atoms with Gasteiger partial charge in [0.15, 0.2) is 0 Å². The number of hydrogen-bond donors (Lipinski definition) is 1. The Bertz CT molecular complexity index is 250. The molecule has 4 nitrogen and oxygen atoms in total. The molecule has 0 bridgehead atoms. The number of carbonyl (C=O) groups excluding carboxylic acids is 1. The highest BCUT2D eigenvalue weighted by molar-refractivity contribution is 5.80. The van der Waals surface area contributed by atoms with Gasteiger partial charge < -0.3 is 4.74 Å². The predicted molar refractivity (Wildman–Crippen MR) is 62.2 cm³/mol. The first-order valence-electron chi connectivity index (χ1n) is 5.54. The minimum atomic E-state index is -2.42. The summed E-state index contributed by atoms with van der Waals surface area (Å²) < 4.78 is 29.2. The van der Waals surface area contributed by atoms with E-state index in [0.29, 0.717) is 0 Å². The largest absolute Gasteiger partial charge is 0.468 e. The van der Waals surface area contributed by atoms with E-state index in [0.717, 1.165) is 0 Å². The molecule has 0 aromatic heterocycles. The Morgan fingerprint density at radius 3 is 2.35 bits per heavy atom. The quantitative estimate of drug-likeness (QED) is 0.689. The van der Waals surface area contributed by atoms with Crippen LogP contribution in [0.4, 0.5) is 8.78 Å². The number of rotatable bonds is 7. The Hall–Kier alpha value is -0.750. The summed E-state index contributed by atoms with van der Waals surface area (Å²) in [7, 11) is 2.84. The van der Waals surface area contributed by atoms with E-state index in [1.807, 2.05) is 13.8 Å². The van der Waals surface area contributed by atoms with Gasteiger partial charge in [-0.2, -0.15) is 0 Å². The molecule has 0 fully saturated rings. The van der Waals surface area contributed by atoms with Gasteiger partial charge in [-0.3, -0.25) is 15.0 Å². The van der Waals surface area contributed by atoms with Crippen LogP contribution in [0.1, 0.15) is 20.8 Å². The molecule has 0 heterocycles. The highest BCUT2D eigenvalue weighted by Gasteiger charge is 2.36. The third kappa shape index (κ3) is 5.93. The number of likely N-dealkylation sites (N-methyl/N-ethyl adjacent to an activating group) is 1. The summed E-state index contributed by atoms with van der Waals surface area (Å²) in [6.07, 6.45) is -2.42. The minimum Gasteiger partial charge on any atom is -0.468 e. The molecule has 0 amide bonds. The highest BCUT2D eigenvalue weighted by Crippen LogP contribution is 2.11. The van der Waals surface area contributed by atoms with Crippen molar-refractivity contribution in [1.29, 1.82) is 0 Å². The van der Waals surface area contributed by atoms with E-state index in [-0.39, 0.29) is 19.1 Å². The zero-order chi connectivity index (χ0) is 13.6. The van der Waals surface area contributed by atoms with Crippen molar-refractivity contribution < 1.29 is 18.3 Å². The number of ether oxygens (including phenoxy) is 1. The molecule has 0 rings (SSSR count). The molecule has 0 aliphatic heterocycles. The molecule has 0 aliphatic rings. The average Bonchev–Trinajstić information content (AvgIpc) is 2.13. The van der Waals surface area contributed by atoms with Gasteiger partial charge in [0.1, 0.15) is 5.54 Å². The molecule has 0 aliphatic carbocycles. The Kier molecular flexibility index (Phi) is 6.56. The van der Waals surface area contributed by atoms with Crippen LogP contribution in [-0.2, 0) is 9.53 Å².